The van der Waals surface area contributed by atoms with Crippen LogP contribution in [0.1, 0.15) is 45.9 Å². The molecule has 0 spiro atoms. The molecule has 1 saturated heterocycles. The summed E-state index contributed by atoms with van der Waals surface area (Å²) in [6.07, 6.45) is 8.07. The van der Waals surface area contributed by atoms with Gasteiger partial charge < -0.3 is 10.3 Å². The van der Waals surface area contributed by atoms with Crippen LogP contribution in [-0.2, 0) is 12.8 Å². The number of hydrogen-bond acceptors (Lipinski definition) is 5. The summed E-state index contributed by atoms with van der Waals surface area (Å²) in [7, 11) is 0. The Hall–Kier alpha value is -3.52. The largest absolute Gasteiger partial charge is 0.344 e. The summed E-state index contributed by atoms with van der Waals surface area (Å²) in [5, 5.41) is 7.58. The van der Waals surface area contributed by atoms with Crippen LogP contribution in [0.3, 0.4) is 0 Å². The zero-order valence-electron chi connectivity index (χ0n) is 17.7. The lowest BCUT2D eigenvalue weighted by Gasteiger charge is -2.39. The Bertz CT molecular complexity index is 1240. The van der Waals surface area contributed by atoms with Gasteiger partial charge in [0.2, 0.25) is 0 Å². The van der Waals surface area contributed by atoms with E-state index >= 15 is 0 Å². The second-order valence-electron chi connectivity index (χ2n) is 8.69. The first kappa shape index (κ1) is 19.2. The SMILES string of the molecule is O=C(NC1CCc2cccnc21)c1cnn(C2CN(CCc3nc4ccccc4[nH]3)C2)c1. The Balaban J connectivity index is 1.01. The molecule has 8 nitrogen and oxygen atoms in total. The number of carbonyl (C=O) groups is 1. The maximum atomic E-state index is 12.7. The number of aromatic nitrogens is 5. The average molecular weight is 428 g/mol. The van der Waals surface area contributed by atoms with Gasteiger partial charge in [-0.3, -0.25) is 19.4 Å². The minimum atomic E-state index is -0.0826. The Kier molecular flexibility index (Phi) is 4.72. The Morgan fingerprint density at radius 3 is 3.00 bits per heavy atom. The van der Waals surface area contributed by atoms with Crippen LogP contribution in [0, 0.1) is 0 Å². The summed E-state index contributed by atoms with van der Waals surface area (Å²) < 4.78 is 1.92. The minimum Gasteiger partial charge on any atom is -0.344 e. The number of nitrogens with one attached hydrogen (secondary N) is 2. The van der Waals surface area contributed by atoms with E-state index in [1.807, 2.05) is 35.1 Å². The summed E-state index contributed by atoms with van der Waals surface area (Å²) in [6.45, 7) is 2.82. The highest BCUT2D eigenvalue weighted by Gasteiger charge is 2.30. The lowest BCUT2D eigenvalue weighted by molar-refractivity contribution is 0.0931. The number of likely N-dealkylation sites (tertiary alicyclic amines) is 1. The van der Waals surface area contributed by atoms with Crippen molar-refractivity contribution in [3.05, 3.63) is 77.6 Å². The number of rotatable bonds is 6. The van der Waals surface area contributed by atoms with Crippen molar-refractivity contribution in [2.24, 2.45) is 0 Å². The molecule has 1 aromatic carbocycles. The molecule has 4 aromatic rings. The first-order valence-corrected chi connectivity index (χ1v) is 11.2. The average Bonchev–Trinajstić information content (AvgIpc) is 3.51. The van der Waals surface area contributed by atoms with Gasteiger partial charge >= 0.3 is 0 Å². The molecule has 1 aliphatic carbocycles. The van der Waals surface area contributed by atoms with Crippen molar-refractivity contribution in [1.82, 2.24) is 34.9 Å². The second kappa shape index (κ2) is 7.87. The van der Waals surface area contributed by atoms with Crippen LogP contribution in [0.4, 0.5) is 0 Å². The fraction of sp³-hybridized carbons (Fsp3) is 0.333. The summed E-state index contributed by atoms with van der Waals surface area (Å²) in [5.74, 6) is 0.941. The fourth-order valence-corrected chi connectivity index (χ4v) is 4.73. The maximum absolute atomic E-state index is 12.7. The standard InChI is InChI=1S/C24H25N7O/c32-24(29-21-8-7-16-4-3-10-25-23(16)21)17-12-26-31(13-17)18-14-30(15-18)11-9-22-27-19-5-1-2-6-20(19)28-22/h1-6,10,12-13,18,21H,7-9,11,14-15H2,(H,27,28)(H,29,32). The van der Waals surface area contributed by atoms with Gasteiger partial charge in [-0.1, -0.05) is 18.2 Å². The molecule has 1 unspecified atom stereocenters. The van der Waals surface area contributed by atoms with E-state index in [0.29, 0.717) is 11.6 Å². The number of aromatic amines is 1. The molecule has 0 bridgehead atoms. The highest BCUT2D eigenvalue weighted by molar-refractivity contribution is 5.94. The van der Waals surface area contributed by atoms with E-state index in [2.05, 4.69) is 42.4 Å². The first-order valence-electron chi connectivity index (χ1n) is 11.2. The molecule has 1 fully saturated rings. The lowest BCUT2D eigenvalue weighted by atomic mass is 10.1. The number of para-hydroxylation sites is 2. The zero-order chi connectivity index (χ0) is 21.5. The molecule has 4 heterocycles. The molecule has 8 heteroatoms. The summed E-state index contributed by atoms with van der Waals surface area (Å²) in [5.41, 5.74) is 4.93. The molecule has 162 valence electrons. The van der Waals surface area contributed by atoms with Gasteiger partial charge in [-0.15, -0.1) is 0 Å². The zero-order valence-corrected chi connectivity index (χ0v) is 17.7. The van der Waals surface area contributed by atoms with Crippen molar-refractivity contribution in [1.29, 1.82) is 0 Å². The van der Waals surface area contributed by atoms with Gasteiger partial charge in [0.25, 0.3) is 5.91 Å². The fourth-order valence-electron chi connectivity index (χ4n) is 4.73. The number of H-pyrrole nitrogens is 1. The van der Waals surface area contributed by atoms with Gasteiger partial charge in [-0.25, -0.2) is 4.98 Å². The monoisotopic (exact) mass is 427 g/mol. The van der Waals surface area contributed by atoms with Crippen LogP contribution >= 0.6 is 0 Å². The van der Waals surface area contributed by atoms with Gasteiger partial charge in [-0.2, -0.15) is 5.10 Å². The van der Waals surface area contributed by atoms with Crippen molar-refractivity contribution in [3.8, 4) is 0 Å². The van der Waals surface area contributed by atoms with E-state index in [0.717, 1.165) is 61.4 Å². The van der Waals surface area contributed by atoms with Crippen LogP contribution in [0.2, 0.25) is 0 Å². The van der Waals surface area contributed by atoms with E-state index in [4.69, 9.17) is 0 Å². The number of pyridine rings is 1. The van der Waals surface area contributed by atoms with E-state index in [1.54, 1.807) is 12.4 Å². The molecular weight excluding hydrogens is 402 g/mol. The minimum absolute atomic E-state index is 0.0144. The molecule has 1 atom stereocenters. The van der Waals surface area contributed by atoms with Crippen LogP contribution in [0.5, 0.6) is 0 Å². The first-order chi connectivity index (χ1) is 15.7. The molecule has 0 radical (unpaired) electrons. The second-order valence-corrected chi connectivity index (χ2v) is 8.69. The third-order valence-electron chi connectivity index (χ3n) is 6.54. The maximum Gasteiger partial charge on any atom is 0.255 e. The molecule has 2 aliphatic rings. The summed E-state index contributed by atoms with van der Waals surface area (Å²) >= 11 is 0. The quantitative estimate of drug-likeness (QED) is 0.494. The van der Waals surface area contributed by atoms with Gasteiger partial charge in [-0.05, 0) is 36.6 Å². The van der Waals surface area contributed by atoms with Crippen LogP contribution in [0.15, 0.2) is 55.0 Å². The van der Waals surface area contributed by atoms with Gasteiger partial charge in [0.1, 0.15) is 5.82 Å². The number of aryl methyl sites for hydroxylation is 1. The lowest BCUT2D eigenvalue weighted by Crippen LogP contribution is -2.48. The number of imidazole rings is 1. The van der Waals surface area contributed by atoms with Crippen molar-refractivity contribution in [2.45, 2.75) is 31.3 Å². The predicted octanol–water partition coefficient (Wildman–Crippen LogP) is 2.67. The summed E-state index contributed by atoms with van der Waals surface area (Å²) in [6, 6.07) is 12.4. The highest BCUT2D eigenvalue weighted by atomic mass is 16.1. The molecule has 1 aliphatic heterocycles. The molecule has 0 saturated carbocycles. The number of amides is 1. The number of carbonyl (C=O) groups excluding carboxylic acids is 1. The highest BCUT2D eigenvalue weighted by Crippen LogP contribution is 2.29. The van der Waals surface area contributed by atoms with Crippen LogP contribution < -0.4 is 5.32 Å². The number of fused-ring (bicyclic) bond motifs is 2. The van der Waals surface area contributed by atoms with Crippen LogP contribution in [-0.4, -0.2) is 55.2 Å². The predicted molar refractivity (Wildman–Crippen MR) is 120 cm³/mol. The molecule has 32 heavy (non-hydrogen) atoms. The number of benzene rings is 1. The summed E-state index contributed by atoms with van der Waals surface area (Å²) in [4.78, 5) is 27.6. The molecular formula is C24H25N7O. The normalized spacial score (nSPS) is 18.6. The van der Waals surface area contributed by atoms with Crippen LogP contribution in [0.25, 0.3) is 11.0 Å². The third kappa shape index (κ3) is 3.56. The van der Waals surface area contributed by atoms with E-state index in [1.165, 1.54) is 5.56 Å². The van der Waals surface area contributed by atoms with Crippen molar-refractivity contribution >= 4 is 16.9 Å². The van der Waals surface area contributed by atoms with E-state index < -0.39 is 0 Å². The molecule has 6 rings (SSSR count). The number of nitrogens with zero attached hydrogens (tertiary/aromatic N) is 5. The number of hydrogen-bond donors (Lipinski definition) is 2. The molecule has 1 amide bonds. The van der Waals surface area contributed by atoms with E-state index in [-0.39, 0.29) is 11.9 Å². The third-order valence-corrected chi connectivity index (χ3v) is 6.54. The Labute approximate surface area is 185 Å². The smallest absolute Gasteiger partial charge is 0.255 e. The van der Waals surface area contributed by atoms with Crippen molar-refractivity contribution < 1.29 is 4.79 Å². The Morgan fingerprint density at radius 1 is 1.19 bits per heavy atom. The van der Waals surface area contributed by atoms with E-state index in [9.17, 15) is 4.79 Å². The van der Waals surface area contributed by atoms with Gasteiger partial charge in [0.05, 0.1) is 40.6 Å². The van der Waals surface area contributed by atoms with Crippen molar-refractivity contribution in [3.63, 3.8) is 0 Å². The molecule has 3 aromatic heterocycles. The topological polar surface area (TPSA) is 91.7 Å². The molecule has 2 N–H and O–H groups in total. The van der Waals surface area contributed by atoms with Gasteiger partial charge in [0.15, 0.2) is 0 Å². The van der Waals surface area contributed by atoms with Crippen molar-refractivity contribution in [2.75, 3.05) is 19.6 Å². The Morgan fingerprint density at radius 2 is 2.09 bits per heavy atom. The van der Waals surface area contributed by atoms with Gasteiger partial charge in [0, 0.05) is 38.4 Å².